The summed E-state index contributed by atoms with van der Waals surface area (Å²) in [6.07, 6.45) is 4.00. The maximum atomic E-state index is 10.5. The third-order valence-electron chi connectivity index (χ3n) is 2.96. The molecule has 1 N–H and O–H groups in total. The first-order valence-corrected chi connectivity index (χ1v) is 6.40. The van der Waals surface area contributed by atoms with E-state index in [-0.39, 0.29) is 6.42 Å². The Hall–Kier alpha value is -1.10. The largest absolute Gasteiger partial charge is 0.481 e. The first-order valence-electron chi connectivity index (χ1n) is 5.52. The summed E-state index contributed by atoms with van der Waals surface area (Å²) in [6, 6.07) is 0. The van der Waals surface area contributed by atoms with E-state index in [0.29, 0.717) is 5.69 Å². The number of hydrogen-bond donors (Lipinski definition) is 1. The highest BCUT2D eigenvalue weighted by atomic mass is 32.1. The molecule has 0 bridgehead atoms. The monoisotopic (exact) mass is 240 g/mol. The van der Waals surface area contributed by atoms with E-state index in [0.717, 1.165) is 17.6 Å². The van der Waals surface area contributed by atoms with Crippen LogP contribution in [-0.2, 0) is 11.2 Å². The standard InChI is InChI=1S/C11H16N2O2S/c1-13(6-8-3-2-4-8)11-12-9(7-16-11)5-10(14)15/h7-8H,2-6H2,1H3,(H,14,15). The number of carboxylic acids is 1. The molecule has 0 radical (unpaired) electrons. The zero-order valence-electron chi connectivity index (χ0n) is 9.35. The highest BCUT2D eigenvalue weighted by molar-refractivity contribution is 7.13. The molecule has 0 unspecified atom stereocenters. The fourth-order valence-electron chi connectivity index (χ4n) is 1.85. The zero-order valence-corrected chi connectivity index (χ0v) is 10.2. The first-order chi connectivity index (χ1) is 7.65. The third-order valence-corrected chi connectivity index (χ3v) is 3.96. The fraction of sp³-hybridized carbons (Fsp3) is 0.636. The Bertz CT molecular complexity index is 374. The van der Waals surface area contributed by atoms with Gasteiger partial charge in [0.2, 0.25) is 0 Å². The van der Waals surface area contributed by atoms with Crippen LogP contribution in [0.3, 0.4) is 0 Å². The van der Waals surface area contributed by atoms with E-state index in [2.05, 4.69) is 9.88 Å². The quantitative estimate of drug-likeness (QED) is 0.855. The van der Waals surface area contributed by atoms with Crippen LogP contribution in [0.1, 0.15) is 25.0 Å². The van der Waals surface area contributed by atoms with Gasteiger partial charge in [-0.2, -0.15) is 0 Å². The second-order valence-corrected chi connectivity index (χ2v) is 5.21. The molecular weight excluding hydrogens is 224 g/mol. The molecule has 0 spiro atoms. The van der Waals surface area contributed by atoms with E-state index < -0.39 is 5.97 Å². The van der Waals surface area contributed by atoms with Gasteiger partial charge in [0.15, 0.2) is 5.13 Å². The average Bonchev–Trinajstić information content (AvgIpc) is 2.58. The molecule has 1 aliphatic carbocycles. The second-order valence-electron chi connectivity index (χ2n) is 4.37. The molecule has 1 aromatic heterocycles. The van der Waals surface area contributed by atoms with Crippen LogP contribution in [0.15, 0.2) is 5.38 Å². The average molecular weight is 240 g/mol. The highest BCUT2D eigenvalue weighted by Crippen LogP contribution is 2.29. The van der Waals surface area contributed by atoms with Gasteiger partial charge in [-0.25, -0.2) is 4.98 Å². The number of rotatable bonds is 5. The Morgan fingerprint density at radius 1 is 1.69 bits per heavy atom. The molecule has 0 atom stereocenters. The van der Waals surface area contributed by atoms with Gasteiger partial charge in [0, 0.05) is 19.0 Å². The first kappa shape index (κ1) is 11.4. The van der Waals surface area contributed by atoms with Gasteiger partial charge in [-0.3, -0.25) is 4.79 Å². The SMILES string of the molecule is CN(CC1CCC1)c1nc(CC(=O)O)cs1. The van der Waals surface area contributed by atoms with Gasteiger partial charge in [-0.15, -0.1) is 11.3 Å². The van der Waals surface area contributed by atoms with Crippen molar-refractivity contribution >= 4 is 22.4 Å². The molecule has 88 valence electrons. The van der Waals surface area contributed by atoms with Crippen molar-refractivity contribution in [2.45, 2.75) is 25.7 Å². The molecule has 5 heteroatoms. The number of carbonyl (C=O) groups is 1. The topological polar surface area (TPSA) is 53.4 Å². The minimum atomic E-state index is -0.821. The molecule has 4 nitrogen and oxygen atoms in total. The lowest BCUT2D eigenvalue weighted by Gasteiger charge is -2.29. The summed E-state index contributed by atoms with van der Waals surface area (Å²) in [5, 5.41) is 11.4. The molecule has 1 saturated carbocycles. The van der Waals surface area contributed by atoms with Gasteiger partial charge in [-0.05, 0) is 18.8 Å². The van der Waals surface area contributed by atoms with Crippen LogP contribution < -0.4 is 4.90 Å². The summed E-state index contributed by atoms with van der Waals surface area (Å²) < 4.78 is 0. The summed E-state index contributed by atoms with van der Waals surface area (Å²) in [5.41, 5.74) is 0.660. The number of anilines is 1. The third kappa shape index (κ3) is 2.72. The van der Waals surface area contributed by atoms with Crippen molar-refractivity contribution in [2.75, 3.05) is 18.5 Å². The molecule has 0 aromatic carbocycles. The van der Waals surface area contributed by atoms with Crippen LogP contribution in [-0.4, -0.2) is 29.7 Å². The predicted octanol–water partition coefficient (Wildman–Crippen LogP) is 2.01. The van der Waals surface area contributed by atoms with E-state index in [1.165, 1.54) is 30.6 Å². The molecule has 2 rings (SSSR count). The van der Waals surface area contributed by atoms with E-state index in [9.17, 15) is 4.79 Å². The number of nitrogens with zero attached hydrogens (tertiary/aromatic N) is 2. The van der Waals surface area contributed by atoms with Crippen LogP contribution in [0, 0.1) is 5.92 Å². The molecule has 0 saturated heterocycles. The summed E-state index contributed by atoms with van der Waals surface area (Å²) in [6.45, 7) is 1.04. The van der Waals surface area contributed by atoms with Crippen molar-refractivity contribution < 1.29 is 9.90 Å². The van der Waals surface area contributed by atoms with E-state index >= 15 is 0 Å². The highest BCUT2D eigenvalue weighted by Gasteiger charge is 2.20. The molecule has 0 aliphatic heterocycles. The maximum absolute atomic E-state index is 10.5. The van der Waals surface area contributed by atoms with Gasteiger partial charge in [0.1, 0.15) is 0 Å². The van der Waals surface area contributed by atoms with Crippen LogP contribution in [0.25, 0.3) is 0 Å². The summed E-state index contributed by atoms with van der Waals surface area (Å²) in [5.74, 6) is -0.0182. The number of hydrogen-bond acceptors (Lipinski definition) is 4. The second kappa shape index (κ2) is 4.82. The normalized spacial score (nSPS) is 15.8. The van der Waals surface area contributed by atoms with Gasteiger partial charge >= 0.3 is 5.97 Å². The molecule has 16 heavy (non-hydrogen) atoms. The van der Waals surface area contributed by atoms with Crippen molar-refractivity contribution in [1.29, 1.82) is 0 Å². The molecular formula is C11H16N2O2S. The van der Waals surface area contributed by atoms with Crippen molar-refractivity contribution in [3.8, 4) is 0 Å². The Morgan fingerprint density at radius 3 is 3.00 bits per heavy atom. The molecule has 1 aliphatic rings. The van der Waals surface area contributed by atoms with Crippen molar-refractivity contribution in [1.82, 2.24) is 4.98 Å². The maximum Gasteiger partial charge on any atom is 0.309 e. The number of carboxylic acid groups (broad SMARTS) is 1. The zero-order chi connectivity index (χ0) is 11.5. The Labute approximate surface area is 98.9 Å². The summed E-state index contributed by atoms with van der Waals surface area (Å²) >= 11 is 1.53. The number of thiazole rings is 1. The van der Waals surface area contributed by atoms with Gasteiger partial charge in [0.25, 0.3) is 0 Å². The lowest BCUT2D eigenvalue weighted by Crippen LogP contribution is -2.29. The van der Waals surface area contributed by atoms with Crippen LogP contribution in [0.2, 0.25) is 0 Å². The van der Waals surface area contributed by atoms with Gasteiger partial charge in [0.05, 0.1) is 12.1 Å². The van der Waals surface area contributed by atoms with Crippen LogP contribution in [0.4, 0.5) is 5.13 Å². The molecule has 1 aromatic rings. The predicted molar refractivity (Wildman–Crippen MR) is 64.1 cm³/mol. The lowest BCUT2D eigenvalue weighted by atomic mass is 9.85. The van der Waals surface area contributed by atoms with E-state index in [1.54, 1.807) is 0 Å². The number of aliphatic carboxylic acids is 1. The van der Waals surface area contributed by atoms with Gasteiger partial charge in [-0.1, -0.05) is 6.42 Å². The van der Waals surface area contributed by atoms with Crippen LogP contribution >= 0.6 is 11.3 Å². The lowest BCUT2D eigenvalue weighted by molar-refractivity contribution is -0.136. The van der Waals surface area contributed by atoms with E-state index in [1.807, 2.05) is 12.4 Å². The minimum Gasteiger partial charge on any atom is -0.481 e. The van der Waals surface area contributed by atoms with Crippen molar-refractivity contribution in [3.05, 3.63) is 11.1 Å². The number of aromatic nitrogens is 1. The summed E-state index contributed by atoms with van der Waals surface area (Å²) in [7, 11) is 2.03. The van der Waals surface area contributed by atoms with Crippen LogP contribution in [0.5, 0.6) is 0 Å². The Morgan fingerprint density at radius 2 is 2.44 bits per heavy atom. The Kier molecular flexibility index (Phi) is 3.43. The molecule has 1 fully saturated rings. The smallest absolute Gasteiger partial charge is 0.309 e. The van der Waals surface area contributed by atoms with E-state index in [4.69, 9.17) is 5.11 Å². The fourth-order valence-corrected chi connectivity index (χ4v) is 2.65. The van der Waals surface area contributed by atoms with Crippen molar-refractivity contribution in [2.24, 2.45) is 5.92 Å². The minimum absolute atomic E-state index is 0.0216. The molecule has 0 amide bonds. The Balaban J connectivity index is 1.91. The van der Waals surface area contributed by atoms with Crippen molar-refractivity contribution in [3.63, 3.8) is 0 Å². The van der Waals surface area contributed by atoms with Gasteiger partial charge < -0.3 is 10.0 Å². The summed E-state index contributed by atoms with van der Waals surface area (Å²) in [4.78, 5) is 17.0. The molecule has 1 heterocycles.